The second-order valence-corrected chi connectivity index (χ2v) is 5.79. The predicted octanol–water partition coefficient (Wildman–Crippen LogP) is 1.17. The van der Waals surface area contributed by atoms with Crippen LogP contribution in [0.15, 0.2) is 33.8 Å². The molecular formula is C14H17BrN4O2. The van der Waals surface area contributed by atoms with E-state index in [9.17, 15) is 4.79 Å². The van der Waals surface area contributed by atoms with Crippen molar-refractivity contribution in [2.75, 3.05) is 26.3 Å². The summed E-state index contributed by atoms with van der Waals surface area (Å²) in [6, 6.07) is 7.94. The van der Waals surface area contributed by atoms with Gasteiger partial charge in [0.15, 0.2) is 0 Å². The van der Waals surface area contributed by atoms with Crippen molar-refractivity contribution >= 4 is 15.9 Å². The molecule has 2 aromatic rings. The molecule has 1 aromatic carbocycles. The number of halogens is 1. The highest BCUT2D eigenvalue weighted by Gasteiger charge is 2.12. The van der Waals surface area contributed by atoms with Crippen molar-refractivity contribution in [2.24, 2.45) is 7.05 Å². The van der Waals surface area contributed by atoms with Gasteiger partial charge in [-0.2, -0.15) is 4.68 Å². The number of ether oxygens (including phenoxy) is 1. The summed E-state index contributed by atoms with van der Waals surface area (Å²) in [7, 11) is 1.68. The first-order chi connectivity index (χ1) is 10.1. The van der Waals surface area contributed by atoms with Crippen LogP contribution in [-0.2, 0) is 18.3 Å². The van der Waals surface area contributed by atoms with Gasteiger partial charge in [0.1, 0.15) is 0 Å². The van der Waals surface area contributed by atoms with E-state index in [2.05, 4.69) is 25.9 Å². The van der Waals surface area contributed by atoms with Gasteiger partial charge in [0.2, 0.25) is 4.73 Å². The molecule has 0 bridgehead atoms. The normalized spacial score (nSPS) is 16.3. The molecule has 0 saturated carbocycles. The van der Waals surface area contributed by atoms with Crippen LogP contribution in [0.1, 0.15) is 5.56 Å². The zero-order chi connectivity index (χ0) is 14.8. The number of benzene rings is 1. The Morgan fingerprint density at radius 3 is 2.48 bits per heavy atom. The van der Waals surface area contributed by atoms with E-state index in [1.54, 1.807) is 7.05 Å². The zero-order valence-electron chi connectivity index (χ0n) is 11.8. The molecule has 1 aromatic heterocycles. The molecule has 1 fully saturated rings. The lowest BCUT2D eigenvalue weighted by atomic mass is 10.2. The quantitative estimate of drug-likeness (QED) is 0.831. The van der Waals surface area contributed by atoms with Gasteiger partial charge in [-0.1, -0.05) is 12.1 Å². The van der Waals surface area contributed by atoms with Crippen molar-refractivity contribution in [2.45, 2.75) is 6.54 Å². The maximum atomic E-state index is 12.0. The lowest BCUT2D eigenvalue weighted by Crippen LogP contribution is -2.35. The lowest BCUT2D eigenvalue weighted by molar-refractivity contribution is 0.0342. The van der Waals surface area contributed by atoms with Gasteiger partial charge in [0.25, 0.3) is 0 Å². The molecule has 0 atom stereocenters. The average molecular weight is 353 g/mol. The standard InChI is InChI=1S/C14H17BrN4O2/c1-17-13(15)16-19(14(17)20)12-4-2-11(3-5-12)10-18-6-8-21-9-7-18/h2-5H,6-10H2,1H3. The number of hydrogen-bond donors (Lipinski definition) is 0. The Morgan fingerprint density at radius 1 is 1.24 bits per heavy atom. The van der Waals surface area contributed by atoms with E-state index in [4.69, 9.17) is 4.74 Å². The first-order valence-corrected chi connectivity index (χ1v) is 7.65. The highest BCUT2D eigenvalue weighted by Crippen LogP contribution is 2.12. The molecule has 7 heteroatoms. The average Bonchev–Trinajstić information content (AvgIpc) is 2.77. The van der Waals surface area contributed by atoms with Gasteiger partial charge in [-0.05, 0) is 33.6 Å². The Kier molecular flexibility index (Phi) is 4.23. The summed E-state index contributed by atoms with van der Waals surface area (Å²) in [5, 5.41) is 4.18. The molecule has 0 radical (unpaired) electrons. The third-order valence-electron chi connectivity index (χ3n) is 3.62. The number of hydrogen-bond acceptors (Lipinski definition) is 4. The third-order valence-corrected chi connectivity index (χ3v) is 4.31. The Balaban J connectivity index is 1.77. The highest BCUT2D eigenvalue weighted by molar-refractivity contribution is 9.10. The van der Waals surface area contributed by atoms with Gasteiger partial charge in [0, 0.05) is 26.7 Å². The largest absolute Gasteiger partial charge is 0.379 e. The summed E-state index contributed by atoms with van der Waals surface area (Å²) in [5.41, 5.74) is 1.83. The minimum absolute atomic E-state index is 0.164. The summed E-state index contributed by atoms with van der Waals surface area (Å²) >= 11 is 3.26. The summed E-state index contributed by atoms with van der Waals surface area (Å²) in [4.78, 5) is 14.4. The fourth-order valence-electron chi connectivity index (χ4n) is 2.34. The highest BCUT2D eigenvalue weighted by atomic mass is 79.9. The summed E-state index contributed by atoms with van der Waals surface area (Å²) in [6.45, 7) is 4.44. The van der Waals surface area contributed by atoms with Crippen LogP contribution in [0.25, 0.3) is 5.69 Å². The van der Waals surface area contributed by atoms with Crippen molar-refractivity contribution in [1.82, 2.24) is 19.2 Å². The monoisotopic (exact) mass is 352 g/mol. The number of rotatable bonds is 3. The van der Waals surface area contributed by atoms with E-state index in [0.29, 0.717) is 4.73 Å². The fourth-order valence-corrected chi connectivity index (χ4v) is 2.65. The zero-order valence-corrected chi connectivity index (χ0v) is 13.4. The van der Waals surface area contributed by atoms with Gasteiger partial charge in [-0.3, -0.25) is 9.47 Å². The van der Waals surface area contributed by atoms with Crippen molar-refractivity contribution in [3.63, 3.8) is 0 Å². The summed E-state index contributed by atoms with van der Waals surface area (Å²) in [6.07, 6.45) is 0. The molecule has 0 N–H and O–H groups in total. The molecule has 6 nitrogen and oxygen atoms in total. The molecule has 1 aliphatic heterocycles. The molecule has 1 aliphatic rings. The predicted molar refractivity (Wildman–Crippen MR) is 82.6 cm³/mol. The molecule has 0 unspecified atom stereocenters. The number of morpholine rings is 1. The van der Waals surface area contributed by atoms with Gasteiger partial charge in [0.05, 0.1) is 18.9 Å². The molecule has 3 rings (SSSR count). The van der Waals surface area contributed by atoms with Crippen LogP contribution in [-0.4, -0.2) is 45.6 Å². The molecule has 0 amide bonds. The molecule has 0 aliphatic carbocycles. The van der Waals surface area contributed by atoms with Gasteiger partial charge in [-0.25, -0.2) is 4.79 Å². The number of aromatic nitrogens is 3. The molecule has 1 saturated heterocycles. The Morgan fingerprint density at radius 2 is 1.90 bits per heavy atom. The minimum Gasteiger partial charge on any atom is -0.379 e. The lowest BCUT2D eigenvalue weighted by Gasteiger charge is -2.26. The Bertz CT molecular complexity index is 671. The SMILES string of the molecule is Cn1c(Br)nn(-c2ccc(CN3CCOCC3)cc2)c1=O. The van der Waals surface area contributed by atoms with E-state index >= 15 is 0 Å². The molecule has 21 heavy (non-hydrogen) atoms. The topological polar surface area (TPSA) is 52.3 Å². The van der Waals surface area contributed by atoms with Crippen LogP contribution >= 0.6 is 15.9 Å². The van der Waals surface area contributed by atoms with E-state index < -0.39 is 0 Å². The second-order valence-electron chi connectivity index (χ2n) is 5.08. The Labute approximate surface area is 131 Å². The first kappa shape index (κ1) is 14.5. The molecular weight excluding hydrogens is 336 g/mol. The Hall–Kier alpha value is -1.44. The van der Waals surface area contributed by atoms with Crippen molar-refractivity contribution < 1.29 is 4.74 Å². The van der Waals surface area contributed by atoms with Gasteiger partial charge >= 0.3 is 5.69 Å². The van der Waals surface area contributed by atoms with Crippen molar-refractivity contribution in [1.29, 1.82) is 0 Å². The van der Waals surface area contributed by atoms with Gasteiger partial charge < -0.3 is 4.74 Å². The smallest absolute Gasteiger partial charge is 0.351 e. The van der Waals surface area contributed by atoms with Crippen LogP contribution in [0.2, 0.25) is 0 Å². The van der Waals surface area contributed by atoms with Crippen LogP contribution in [0.4, 0.5) is 0 Å². The van der Waals surface area contributed by atoms with Crippen LogP contribution in [0.5, 0.6) is 0 Å². The fraction of sp³-hybridized carbons (Fsp3) is 0.429. The first-order valence-electron chi connectivity index (χ1n) is 6.86. The van der Waals surface area contributed by atoms with Crippen LogP contribution in [0.3, 0.4) is 0 Å². The third kappa shape index (κ3) is 3.09. The van der Waals surface area contributed by atoms with E-state index in [0.717, 1.165) is 38.5 Å². The minimum atomic E-state index is -0.164. The van der Waals surface area contributed by atoms with E-state index in [1.165, 1.54) is 14.8 Å². The van der Waals surface area contributed by atoms with Gasteiger partial charge in [-0.15, -0.1) is 5.10 Å². The molecule has 0 spiro atoms. The molecule has 2 heterocycles. The van der Waals surface area contributed by atoms with E-state index in [-0.39, 0.29) is 5.69 Å². The van der Waals surface area contributed by atoms with E-state index in [1.807, 2.05) is 24.3 Å². The summed E-state index contributed by atoms with van der Waals surface area (Å²) < 4.78 is 8.72. The van der Waals surface area contributed by atoms with Crippen molar-refractivity contribution in [3.8, 4) is 5.69 Å². The summed E-state index contributed by atoms with van der Waals surface area (Å²) in [5.74, 6) is 0. The maximum absolute atomic E-state index is 12.0. The van der Waals surface area contributed by atoms with Crippen LogP contribution < -0.4 is 5.69 Å². The van der Waals surface area contributed by atoms with Crippen molar-refractivity contribution in [3.05, 3.63) is 45.0 Å². The van der Waals surface area contributed by atoms with Crippen LogP contribution in [0, 0.1) is 0 Å². The maximum Gasteiger partial charge on any atom is 0.351 e. The molecule has 112 valence electrons. The second kappa shape index (κ2) is 6.13. The number of nitrogens with zero attached hydrogens (tertiary/aromatic N) is 4.